The van der Waals surface area contributed by atoms with Crippen molar-refractivity contribution in [3.05, 3.63) is 36.2 Å². The van der Waals surface area contributed by atoms with E-state index in [1.54, 1.807) is 17.1 Å². The van der Waals surface area contributed by atoms with Crippen LogP contribution in [0.3, 0.4) is 0 Å². The minimum absolute atomic E-state index is 0.00937. The van der Waals surface area contributed by atoms with Gasteiger partial charge in [0.1, 0.15) is 0 Å². The van der Waals surface area contributed by atoms with Crippen molar-refractivity contribution < 1.29 is 14.6 Å². The topological polar surface area (TPSA) is 56.5 Å². The molecule has 3 rings (SSSR count). The third kappa shape index (κ3) is 1.42. The van der Waals surface area contributed by atoms with Gasteiger partial charge < -0.3 is 14.6 Å². The van der Waals surface area contributed by atoms with Gasteiger partial charge in [-0.3, -0.25) is 0 Å². The molecule has 0 bridgehead atoms. The molecule has 0 unspecified atom stereocenters. The van der Waals surface area contributed by atoms with Gasteiger partial charge in [0, 0.05) is 17.8 Å². The lowest BCUT2D eigenvalue weighted by molar-refractivity contribution is 0.174. The Hall–Kier alpha value is -2.01. The van der Waals surface area contributed by atoms with Crippen molar-refractivity contribution in [2.45, 2.75) is 6.61 Å². The molecule has 2 heterocycles. The van der Waals surface area contributed by atoms with Crippen LogP contribution in [-0.4, -0.2) is 21.7 Å². The molecule has 16 heavy (non-hydrogen) atoms. The second-order valence-corrected chi connectivity index (χ2v) is 3.49. The summed E-state index contributed by atoms with van der Waals surface area (Å²) < 4.78 is 12.2. The monoisotopic (exact) mass is 218 g/mol. The summed E-state index contributed by atoms with van der Waals surface area (Å²) in [6, 6.07) is 5.59. The second kappa shape index (κ2) is 3.53. The van der Waals surface area contributed by atoms with E-state index in [9.17, 15) is 0 Å². The van der Waals surface area contributed by atoms with Gasteiger partial charge in [-0.1, -0.05) is 0 Å². The molecule has 0 amide bonds. The van der Waals surface area contributed by atoms with E-state index in [1.165, 1.54) is 0 Å². The van der Waals surface area contributed by atoms with E-state index in [4.69, 9.17) is 14.6 Å². The molecule has 5 heteroatoms. The number of fused-ring (bicyclic) bond motifs is 1. The number of hydrogen-bond acceptors (Lipinski definition) is 4. The van der Waals surface area contributed by atoms with Gasteiger partial charge in [0.05, 0.1) is 18.5 Å². The quantitative estimate of drug-likeness (QED) is 0.819. The Morgan fingerprint density at radius 1 is 1.31 bits per heavy atom. The molecule has 1 N–H and O–H groups in total. The van der Waals surface area contributed by atoms with Crippen LogP contribution in [0.15, 0.2) is 30.6 Å². The summed E-state index contributed by atoms with van der Waals surface area (Å²) in [6.07, 6.45) is 3.40. The van der Waals surface area contributed by atoms with E-state index in [0.29, 0.717) is 0 Å². The summed E-state index contributed by atoms with van der Waals surface area (Å²) in [7, 11) is 0. The lowest BCUT2D eigenvalue weighted by atomic mass is 10.3. The Balaban J connectivity index is 2.00. The molecular formula is C11H10N2O3. The maximum Gasteiger partial charge on any atom is 0.231 e. The SMILES string of the molecule is OCc1cnn(-c2ccc3c(c2)OCO3)c1. The first-order valence-corrected chi connectivity index (χ1v) is 4.91. The van der Waals surface area contributed by atoms with Crippen molar-refractivity contribution in [2.75, 3.05) is 6.79 Å². The van der Waals surface area contributed by atoms with Crippen LogP contribution in [0.25, 0.3) is 5.69 Å². The third-order valence-electron chi connectivity index (χ3n) is 2.44. The van der Waals surface area contributed by atoms with Crippen LogP contribution in [0.5, 0.6) is 11.5 Å². The van der Waals surface area contributed by atoms with E-state index >= 15 is 0 Å². The number of nitrogens with zero attached hydrogens (tertiary/aromatic N) is 2. The van der Waals surface area contributed by atoms with Crippen LogP contribution in [0.2, 0.25) is 0 Å². The first-order valence-electron chi connectivity index (χ1n) is 4.91. The third-order valence-corrected chi connectivity index (χ3v) is 2.44. The Labute approximate surface area is 91.8 Å². The van der Waals surface area contributed by atoms with Crippen molar-refractivity contribution in [1.82, 2.24) is 9.78 Å². The zero-order chi connectivity index (χ0) is 11.0. The fourth-order valence-electron chi connectivity index (χ4n) is 1.61. The summed E-state index contributed by atoms with van der Waals surface area (Å²) in [5, 5.41) is 13.1. The minimum atomic E-state index is -0.00937. The Bertz CT molecular complexity index is 522. The summed E-state index contributed by atoms with van der Waals surface area (Å²) in [4.78, 5) is 0. The van der Waals surface area contributed by atoms with Crippen molar-refractivity contribution in [2.24, 2.45) is 0 Å². The van der Waals surface area contributed by atoms with Gasteiger partial charge >= 0.3 is 0 Å². The standard InChI is InChI=1S/C11H10N2O3/c14-6-8-4-12-13(5-8)9-1-2-10-11(3-9)16-7-15-10/h1-5,14H,6-7H2. The van der Waals surface area contributed by atoms with Crippen molar-refractivity contribution in [3.8, 4) is 17.2 Å². The molecule has 1 aromatic carbocycles. The minimum Gasteiger partial charge on any atom is -0.454 e. The predicted octanol–water partition coefficient (Wildman–Crippen LogP) is 1.09. The van der Waals surface area contributed by atoms with Gasteiger partial charge in [-0.2, -0.15) is 5.10 Å². The largest absolute Gasteiger partial charge is 0.454 e. The Morgan fingerprint density at radius 2 is 2.19 bits per heavy atom. The number of ether oxygens (including phenoxy) is 2. The first-order chi connectivity index (χ1) is 7.86. The normalized spacial score (nSPS) is 13.1. The van der Waals surface area contributed by atoms with Gasteiger partial charge in [-0.05, 0) is 12.1 Å². The average Bonchev–Trinajstić information content (AvgIpc) is 2.96. The molecule has 0 aliphatic carbocycles. The Morgan fingerprint density at radius 3 is 3.00 bits per heavy atom. The van der Waals surface area contributed by atoms with Crippen LogP contribution in [0.1, 0.15) is 5.56 Å². The smallest absolute Gasteiger partial charge is 0.231 e. The van der Waals surface area contributed by atoms with E-state index in [1.807, 2.05) is 18.2 Å². The molecule has 1 aliphatic rings. The van der Waals surface area contributed by atoms with Gasteiger partial charge in [-0.15, -0.1) is 0 Å². The molecule has 5 nitrogen and oxygen atoms in total. The molecule has 2 aromatic rings. The Kier molecular flexibility index (Phi) is 2.04. The summed E-state index contributed by atoms with van der Waals surface area (Å²) in [6.45, 7) is 0.254. The molecule has 0 radical (unpaired) electrons. The fraction of sp³-hybridized carbons (Fsp3) is 0.182. The van der Waals surface area contributed by atoms with Crippen LogP contribution in [0, 0.1) is 0 Å². The van der Waals surface area contributed by atoms with Crippen LogP contribution in [-0.2, 0) is 6.61 Å². The zero-order valence-corrected chi connectivity index (χ0v) is 8.46. The predicted molar refractivity (Wildman–Crippen MR) is 55.6 cm³/mol. The number of aromatic nitrogens is 2. The van der Waals surface area contributed by atoms with E-state index < -0.39 is 0 Å². The molecule has 1 aromatic heterocycles. The zero-order valence-electron chi connectivity index (χ0n) is 8.46. The van der Waals surface area contributed by atoms with E-state index in [2.05, 4.69) is 5.10 Å². The number of benzene rings is 1. The summed E-state index contributed by atoms with van der Waals surface area (Å²) in [5.41, 5.74) is 1.65. The van der Waals surface area contributed by atoms with E-state index in [0.717, 1.165) is 22.7 Å². The molecule has 0 atom stereocenters. The van der Waals surface area contributed by atoms with Gasteiger partial charge in [0.25, 0.3) is 0 Å². The van der Waals surface area contributed by atoms with Crippen LogP contribution in [0.4, 0.5) is 0 Å². The number of rotatable bonds is 2. The first kappa shape index (κ1) is 9.23. The highest BCUT2D eigenvalue weighted by molar-refractivity contribution is 5.49. The second-order valence-electron chi connectivity index (χ2n) is 3.49. The van der Waals surface area contributed by atoms with Gasteiger partial charge in [0.15, 0.2) is 11.5 Å². The molecule has 0 saturated carbocycles. The fourth-order valence-corrected chi connectivity index (χ4v) is 1.61. The maximum atomic E-state index is 8.95. The van der Waals surface area contributed by atoms with E-state index in [-0.39, 0.29) is 13.4 Å². The number of hydrogen-bond donors (Lipinski definition) is 1. The van der Waals surface area contributed by atoms with Crippen LogP contribution >= 0.6 is 0 Å². The molecule has 0 spiro atoms. The average molecular weight is 218 g/mol. The molecule has 82 valence electrons. The molecule has 0 fully saturated rings. The maximum absolute atomic E-state index is 8.95. The highest BCUT2D eigenvalue weighted by atomic mass is 16.7. The number of aliphatic hydroxyl groups excluding tert-OH is 1. The van der Waals surface area contributed by atoms with Crippen molar-refractivity contribution >= 4 is 0 Å². The van der Waals surface area contributed by atoms with Crippen LogP contribution < -0.4 is 9.47 Å². The van der Waals surface area contributed by atoms with Crippen molar-refractivity contribution in [1.29, 1.82) is 0 Å². The summed E-state index contributed by atoms with van der Waals surface area (Å²) in [5.74, 6) is 1.47. The van der Waals surface area contributed by atoms with Gasteiger partial charge in [-0.25, -0.2) is 4.68 Å². The highest BCUT2D eigenvalue weighted by Gasteiger charge is 2.14. The molecule has 1 aliphatic heterocycles. The lowest BCUT2D eigenvalue weighted by Crippen LogP contribution is -1.94. The van der Waals surface area contributed by atoms with Crippen molar-refractivity contribution in [3.63, 3.8) is 0 Å². The van der Waals surface area contributed by atoms with Gasteiger partial charge in [0.2, 0.25) is 6.79 Å². The lowest BCUT2D eigenvalue weighted by Gasteiger charge is -2.02. The highest BCUT2D eigenvalue weighted by Crippen LogP contribution is 2.33. The molecular weight excluding hydrogens is 208 g/mol. The summed E-state index contributed by atoms with van der Waals surface area (Å²) >= 11 is 0. The molecule has 0 saturated heterocycles. The number of aliphatic hydroxyl groups is 1.